The Labute approximate surface area is 118 Å². The molecule has 106 valence electrons. The van der Waals surface area contributed by atoms with Gasteiger partial charge in [0.2, 0.25) is 0 Å². The van der Waals surface area contributed by atoms with Gasteiger partial charge >= 0.3 is 0 Å². The second kappa shape index (κ2) is 5.58. The molecule has 0 unspecified atom stereocenters. The van der Waals surface area contributed by atoms with Crippen LogP contribution in [-0.4, -0.2) is 39.0 Å². The third-order valence-corrected chi connectivity index (χ3v) is 3.38. The molecule has 0 aromatic carbocycles. The van der Waals surface area contributed by atoms with Gasteiger partial charge in [0.25, 0.3) is 0 Å². The van der Waals surface area contributed by atoms with E-state index in [0.717, 1.165) is 49.0 Å². The smallest absolute Gasteiger partial charge is 0.174 e. The molecule has 1 fully saturated rings. The van der Waals surface area contributed by atoms with E-state index in [1.54, 1.807) is 17.1 Å². The van der Waals surface area contributed by atoms with Crippen LogP contribution in [0.1, 0.15) is 24.2 Å². The van der Waals surface area contributed by atoms with Gasteiger partial charge in [0, 0.05) is 18.8 Å². The standard InChI is InChI=1S/C14H19N5O/c1-10-6-11(2)19(18-10)14-9-15-8-13(17-14)16-7-12-4-3-5-20-12/h6,8-9,12H,3-5,7H2,1-2H3,(H,16,17)/t12-/m1/s1. The lowest BCUT2D eigenvalue weighted by atomic mass is 10.2. The van der Waals surface area contributed by atoms with Crippen molar-refractivity contribution in [3.05, 3.63) is 29.8 Å². The number of anilines is 1. The van der Waals surface area contributed by atoms with Crippen molar-refractivity contribution in [2.45, 2.75) is 32.8 Å². The first-order chi connectivity index (χ1) is 9.72. The van der Waals surface area contributed by atoms with Crippen LogP contribution in [0.4, 0.5) is 5.82 Å². The number of ether oxygens (including phenoxy) is 1. The molecule has 3 rings (SSSR count). The van der Waals surface area contributed by atoms with Crippen LogP contribution in [-0.2, 0) is 4.74 Å². The maximum absolute atomic E-state index is 5.58. The Morgan fingerprint density at radius 1 is 1.40 bits per heavy atom. The maximum Gasteiger partial charge on any atom is 0.174 e. The minimum atomic E-state index is 0.286. The van der Waals surface area contributed by atoms with Crippen molar-refractivity contribution in [2.24, 2.45) is 0 Å². The molecule has 1 atom stereocenters. The van der Waals surface area contributed by atoms with Gasteiger partial charge in [-0.2, -0.15) is 5.10 Å². The Morgan fingerprint density at radius 2 is 2.30 bits per heavy atom. The Hall–Kier alpha value is -1.95. The first-order valence-electron chi connectivity index (χ1n) is 6.93. The molecule has 0 radical (unpaired) electrons. The van der Waals surface area contributed by atoms with Crippen LogP contribution in [0, 0.1) is 13.8 Å². The summed E-state index contributed by atoms with van der Waals surface area (Å²) in [7, 11) is 0. The minimum Gasteiger partial charge on any atom is -0.376 e. The quantitative estimate of drug-likeness (QED) is 0.921. The fourth-order valence-corrected chi connectivity index (χ4v) is 2.43. The van der Waals surface area contributed by atoms with E-state index < -0.39 is 0 Å². The molecule has 2 aromatic heterocycles. The van der Waals surface area contributed by atoms with Gasteiger partial charge in [-0.15, -0.1) is 0 Å². The minimum absolute atomic E-state index is 0.286. The van der Waals surface area contributed by atoms with Gasteiger partial charge in [0.15, 0.2) is 5.82 Å². The van der Waals surface area contributed by atoms with E-state index in [2.05, 4.69) is 20.4 Å². The number of rotatable bonds is 4. The highest BCUT2D eigenvalue weighted by atomic mass is 16.5. The summed E-state index contributed by atoms with van der Waals surface area (Å²) in [6.45, 7) is 5.61. The van der Waals surface area contributed by atoms with Crippen molar-refractivity contribution in [3.63, 3.8) is 0 Å². The summed E-state index contributed by atoms with van der Waals surface area (Å²) in [6.07, 6.45) is 5.98. The molecule has 1 aliphatic rings. The Kier molecular flexibility index (Phi) is 3.64. The van der Waals surface area contributed by atoms with Crippen LogP contribution in [0.5, 0.6) is 0 Å². The first kappa shape index (κ1) is 13.1. The second-order valence-electron chi connectivity index (χ2n) is 5.12. The van der Waals surface area contributed by atoms with Gasteiger partial charge < -0.3 is 10.1 Å². The van der Waals surface area contributed by atoms with Crippen molar-refractivity contribution in [3.8, 4) is 5.82 Å². The molecule has 3 heterocycles. The van der Waals surface area contributed by atoms with Gasteiger partial charge in [-0.25, -0.2) is 9.67 Å². The summed E-state index contributed by atoms with van der Waals surface area (Å²) in [6, 6.07) is 2.02. The van der Waals surface area contributed by atoms with E-state index in [1.807, 2.05) is 19.9 Å². The molecule has 1 N–H and O–H groups in total. The molecule has 0 amide bonds. The van der Waals surface area contributed by atoms with Gasteiger partial charge in [-0.1, -0.05) is 0 Å². The molecule has 0 aliphatic carbocycles. The first-order valence-corrected chi connectivity index (χ1v) is 6.93. The monoisotopic (exact) mass is 273 g/mol. The molecule has 0 bridgehead atoms. The Morgan fingerprint density at radius 3 is 3.00 bits per heavy atom. The molecule has 0 spiro atoms. The third-order valence-electron chi connectivity index (χ3n) is 3.38. The number of aromatic nitrogens is 4. The average molecular weight is 273 g/mol. The molecule has 6 heteroatoms. The zero-order valence-corrected chi connectivity index (χ0v) is 11.8. The van der Waals surface area contributed by atoms with Gasteiger partial charge in [-0.05, 0) is 32.8 Å². The van der Waals surface area contributed by atoms with Crippen molar-refractivity contribution in [2.75, 3.05) is 18.5 Å². The highest BCUT2D eigenvalue weighted by Crippen LogP contribution is 2.14. The van der Waals surface area contributed by atoms with E-state index in [9.17, 15) is 0 Å². The predicted molar refractivity (Wildman–Crippen MR) is 76.1 cm³/mol. The number of nitrogens with zero attached hydrogens (tertiary/aromatic N) is 4. The van der Waals surface area contributed by atoms with E-state index in [0.29, 0.717) is 0 Å². The number of nitrogens with one attached hydrogen (secondary N) is 1. The summed E-state index contributed by atoms with van der Waals surface area (Å²) >= 11 is 0. The molecule has 20 heavy (non-hydrogen) atoms. The van der Waals surface area contributed by atoms with Crippen LogP contribution in [0.15, 0.2) is 18.5 Å². The van der Waals surface area contributed by atoms with E-state index in [-0.39, 0.29) is 6.10 Å². The lowest BCUT2D eigenvalue weighted by Crippen LogP contribution is -2.19. The zero-order valence-electron chi connectivity index (χ0n) is 11.8. The summed E-state index contributed by atoms with van der Waals surface area (Å²) in [5.74, 6) is 1.48. The predicted octanol–water partition coefficient (Wildman–Crippen LogP) is 1.87. The zero-order chi connectivity index (χ0) is 13.9. The highest BCUT2D eigenvalue weighted by molar-refractivity contribution is 5.36. The van der Waals surface area contributed by atoms with Gasteiger partial charge in [0.05, 0.1) is 24.2 Å². The second-order valence-corrected chi connectivity index (χ2v) is 5.12. The molecule has 1 aliphatic heterocycles. The molecule has 0 saturated carbocycles. The SMILES string of the molecule is Cc1cc(C)n(-c2cncc(NC[C@H]3CCCO3)n2)n1. The summed E-state index contributed by atoms with van der Waals surface area (Å²) in [4.78, 5) is 8.78. The lowest BCUT2D eigenvalue weighted by molar-refractivity contribution is 0.120. The lowest BCUT2D eigenvalue weighted by Gasteiger charge is -2.11. The van der Waals surface area contributed by atoms with Crippen LogP contribution < -0.4 is 5.32 Å². The van der Waals surface area contributed by atoms with Gasteiger partial charge in [-0.3, -0.25) is 4.98 Å². The van der Waals surface area contributed by atoms with Crippen molar-refractivity contribution < 1.29 is 4.74 Å². The molecule has 2 aromatic rings. The van der Waals surface area contributed by atoms with E-state index in [4.69, 9.17) is 4.74 Å². The topological polar surface area (TPSA) is 64.9 Å². The Balaban J connectivity index is 1.73. The van der Waals surface area contributed by atoms with Crippen LogP contribution in [0.3, 0.4) is 0 Å². The average Bonchev–Trinajstić information content (AvgIpc) is 3.06. The fourth-order valence-electron chi connectivity index (χ4n) is 2.43. The molecular formula is C14H19N5O. The molecule has 6 nitrogen and oxygen atoms in total. The summed E-state index contributed by atoms with van der Waals surface area (Å²) in [5.41, 5.74) is 2.02. The number of hydrogen-bond donors (Lipinski definition) is 1. The number of hydrogen-bond acceptors (Lipinski definition) is 5. The number of aryl methyl sites for hydroxylation is 2. The molecular weight excluding hydrogens is 254 g/mol. The summed E-state index contributed by atoms with van der Waals surface area (Å²) in [5, 5.41) is 7.70. The van der Waals surface area contributed by atoms with Crippen molar-refractivity contribution in [1.82, 2.24) is 19.7 Å². The van der Waals surface area contributed by atoms with Gasteiger partial charge in [0.1, 0.15) is 5.82 Å². The normalized spacial score (nSPS) is 18.4. The van der Waals surface area contributed by atoms with Crippen LogP contribution in [0.2, 0.25) is 0 Å². The molecule has 1 saturated heterocycles. The Bertz CT molecular complexity index is 589. The summed E-state index contributed by atoms with van der Waals surface area (Å²) < 4.78 is 7.39. The third kappa shape index (κ3) is 2.80. The van der Waals surface area contributed by atoms with Crippen molar-refractivity contribution in [1.29, 1.82) is 0 Å². The highest BCUT2D eigenvalue weighted by Gasteiger charge is 2.15. The van der Waals surface area contributed by atoms with E-state index in [1.165, 1.54) is 0 Å². The van der Waals surface area contributed by atoms with Crippen LogP contribution in [0.25, 0.3) is 5.82 Å². The fraction of sp³-hybridized carbons (Fsp3) is 0.500. The largest absolute Gasteiger partial charge is 0.376 e. The van der Waals surface area contributed by atoms with E-state index >= 15 is 0 Å². The maximum atomic E-state index is 5.58. The van der Waals surface area contributed by atoms with Crippen molar-refractivity contribution >= 4 is 5.82 Å². The van der Waals surface area contributed by atoms with Crippen LogP contribution >= 0.6 is 0 Å².